The first-order valence-electron chi connectivity index (χ1n) is 12.3. The van der Waals surface area contributed by atoms with E-state index >= 15 is 0 Å². The number of hydrogen-bond acceptors (Lipinski definition) is 4. The first-order chi connectivity index (χ1) is 15.9. The van der Waals surface area contributed by atoms with E-state index in [2.05, 4.69) is 28.4 Å². The Hall–Kier alpha value is -2.73. The van der Waals surface area contributed by atoms with Gasteiger partial charge in [0.25, 0.3) is 11.8 Å². The van der Waals surface area contributed by atoms with Gasteiger partial charge < -0.3 is 10.2 Å². The van der Waals surface area contributed by atoms with Crippen LogP contribution in [0.1, 0.15) is 66.7 Å². The molecule has 1 N–H and O–H groups in total. The van der Waals surface area contributed by atoms with Gasteiger partial charge in [-0.1, -0.05) is 44.2 Å². The van der Waals surface area contributed by atoms with Crippen LogP contribution >= 0.6 is 0 Å². The largest absolute Gasteiger partial charge is 0.349 e. The van der Waals surface area contributed by atoms with Crippen LogP contribution in [0.25, 0.3) is 0 Å². The van der Waals surface area contributed by atoms with Gasteiger partial charge in [-0.2, -0.15) is 0 Å². The van der Waals surface area contributed by atoms with Crippen molar-refractivity contribution in [1.82, 2.24) is 15.1 Å². The summed E-state index contributed by atoms with van der Waals surface area (Å²) in [5, 5.41) is 3.14. The van der Waals surface area contributed by atoms with Crippen LogP contribution in [-0.4, -0.2) is 59.7 Å². The van der Waals surface area contributed by atoms with Crippen LogP contribution in [0.4, 0.5) is 0 Å². The highest BCUT2D eigenvalue weighted by Crippen LogP contribution is 2.29. The Labute approximate surface area is 196 Å². The van der Waals surface area contributed by atoms with Gasteiger partial charge in [-0.25, -0.2) is 0 Å². The van der Waals surface area contributed by atoms with Crippen molar-refractivity contribution < 1.29 is 14.4 Å². The normalized spacial score (nSPS) is 21.5. The molecular weight excluding hydrogens is 414 g/mol. The van der Waals surface area contributed by atoms with Crippen molar-refractivity contribution in [2.75, 3.05) is 26.2 Å². The van der Waals surface area contributed by atoms with Gasteiger partial charge in [0.2, 0.25) is 5.91 Å². The van der Waals surface area contributed by atoms with Crippen LogP contribution in [0.5, 0.6) is 0 Å². The van der Waals surface area contributed by atoms with Crippen molar-refractivity contribution in [2.45, 2.75) is 52.0 Å². The van der Waals surface area contributed by atoms with Gasteiger partial charge in [-0.05, 0) is 75.4 Å². The SMILES string of the molecule is CC(C)C(=O)NC1C=C(C2CCN(CCCCN3C(=O)c4ccccc4C3=O)CC2)C=CC1. The summed E-state index contributed by atoms with van der Waals surface area (Å²) < 4.78 is 0. The number of nitrogens with one attached hydrogen (secondary N) is 1. The Morgan fingerprint density at radius 3 is 2.30 bits per heavy atom. The highest BCUT2D eigenvalue weighted by molar-refractivity contribution is 6.21. The number of carbonyl (C=O) groups excluding carboxylic acids is 3. The van der Waals surface area contributed by atoms with Gasteiger partial charge in [-0.15, -0.1) is 0 Å². The van der Waals surface area contributed by atoms with Crippen LogP contribution in [0.3, 0.4) is 0 Å². The van der Waals surface area contributed by atoms with Crippen molar-refractivity contribution in [3.63, 3.8) is 0 Å². The second kappa shape index (κ2) is 10.5. The third-order valence-electron chi connectivity index (χ3n) is 6.99. The number of likely N-dealkylation sites (tertiary alicyclic amines) is 1. The summed E-state index contributed by atoms with van der Waals surface area (Å²) in [5.41, 5.74) is 2.42. The van der Waals surface area contributed by atoms with E-state index in [0.717, 1.165) is 51.7 Å². The van der Waals surface area contributed by atoms with Crippen LogP contribution in [0.15, 0.2) is 48.1 Å². The third-order valence-corrected chi connectivity index (χ3v) is 6.99. The molecule has 0 saturated carbocycles. The molecule has 3 amide bonds. The van der Waals surface area contributed by atoms with Crippen molar-refractivity contribution in [1.29, 1.82) is 0 Å². The maximum absolute atomic E-state index is 12.5. The van der Waals surface area contributed by atoms with Crippen LogP contribution in [0.2, 0.25) is 0 Å². The highest BCUT2D eigenvalue weighted by atomic mass is 16.2. The minimum atomic E-state index is -0.159. The summed E-state index contributed by atoms with van der Waals surface area (Å²) in [4.78, 5) is 40.8. The van der Waals surface area contributed by atoms with E-state index in [-0.39, 0.29) is 29.7 Å². The van der Waals surface area contributed by atoms with Gasteiger partial charge >= 0.3 is 0 Å². The minimum absolute atomic E-state index is 0.00743. The van der Waals surface area contributed by atoms with E-state index in [1.54, 1.807) is 24.3 Å². The number of benzene rings is 1. The third kappa shape index (κ3) is 5.44. The molecule has 1 aromatic rings. The molecule has 6 nitrogen and oxygen atoms in total. The summed E-state index contributed by atoms with van der Waals surface area (Å²) >= 11 is 0. The van der Waals surface area contributed by atoms with Gasteiger partial charge in [0.05, 0.1) is 17.2 Å². The number of nitrogens with zero attached hydrogens (tertiary/aromatic N) is 2. The monoisotopic (exact) mass is 449 g/mol. The van der Waals surface area contributed by atoms with Crippen LogP contribution in [-0.2, 0) is 4.79 Å². The predicted molar refractivity (Wildman–Crippen MR) is 129 cm³/mol. The molecule has 1 aromatic carbocycles. The number of hydrogen-bond donors (Lipinski definition) is 1. The van der Waals surface area contributed by atoms with Crippen molar-refractivity contribution >= 4 is 17.7 Å². The quantitative estimate of drug-likeness (QED) is 0.484. The zero-order valence-electron chi connectivity index (χ0n) is 19.8. The average Bonchev–Trinajstić information content (AvgIpc) is 3.07. The molecule has 0 radical (unpaired) electrons. The van der Waals surface area contributed by atoms with Gasteiger partial charge in [0.15, 0.2) is 0 Å². The Morgan fingerprint density at radius 2 is 1.67 bits per heavy atom. The van der Waals surface area contributed by atoms with E-state index in [4.69, 9.17) is 0 Å². The second-order valence-corrected chi connectivity index (χ2v) is 9.71. The molecule has 0 spiro atoms. The Balaban J connectivity index is 1.18. The molecule has 1 fully saturated rings. The summed E-state index contributed by atoms with van der Waals surface area (Å²) in [5.74, 6) is 0.353. The number of imide groups is 1. The number of unbranched alkanes of at least 4 members (excludes halogenated alkanes) is 1. The molecule has 176 valence electrons. The molecule has 1 unspecified atom stereocenters. The summed E-state index contributed by atoms with van der Waals surface area (Å²) in [6.45, 7) is 7.46. The number of rotatable bonds is 8. The highest BCUT2D eigenvalue weighted by Gasteiger charge is 2.34. The molecule has 0 aromatic heterocycles. The first kappa shape index (κ1) is 23.4. The van der Waals surface area contributed by atoms with Crippen LogP contribution < -0.4 is 5.32 Å². The smallest absolute Gasteiger partial charge is 0.261 e. The lowest BCUT2D eigenvalue weighted by molar-refractivity contribution is -0.124. The molecule has 6 heteroatoms. The van der Waals surface area contributed by atoms with Gasteiger partial charge in [0, 0.05) is 12.5 Å². The number of amides is 3. The Bertz CT molecular complexity index is 922. The predicted octanol–water partition coefficient (Wildman–Crippen LogP) is 3.80. The Kier molecular flexibility index (Phi) is 7.43. The Morgan fingerprint density at radius 1 is 1.03 bits per heavy atom. The second-order valence-electron chi connectivity index (χ2n) is 9.71. The maximum Gasteiger partial charge on any atom is 0.261 e. The number of fused-ring (bicyclic) bond motifs is 1. The summed E-state index contributed by atoms with van der Waals surface area (Å²) in [7, 11) is 0. The minimum Gasteiger partial charge on any atom is -0.349 e. The van der Waals surface area contributed by atoms with E-state index in [9.17, 15) is 14.4 Å². The summed E-state index contributed by atoms with van der Waals surface area (Å²) in [6, 6.07) is 7.19. The molecule has 3 aliphatic rings. The first-order valence-corrected chi connectivity index (χ1v) is 12.3. The zero-order chi connectivity index (χ0) is 23.4. The molecule has 2 heterocycles. The van der Waals surface area contributed by atoms with E-state index < -0.39 is 0 Å². The average molecular weight is 450 g/mol. The van der Waals surface area contributed by atoms with E-state index in [1.165, 1.54) is 10.5 Å². The number of piperidine rings is 1. The molecule has 33 heavy (non-hydrogen) atoms. The van der Waals surface area contributed by atoms with E-state index in [0.29, 0.717) is 23.6 Å². The maximum atomic E-state index is 12.5. The standard InChI is InChI=1S/C27H35N3O3/c1-19(2)25(31)28-22-9-7-8-21(18-22)20-12-16-29(17-13-20)14-5-6-15-30-26(32)23-10-3-4-11-24(23)27(30)33/h3-4,7-8,10-11,18-20,22H,5-6,9,12-17H2,1-2H3,(H,28,31). The summed E-state index contributed by atoms with van der Waals surface area (Å²) in [6.07, 6.45) is 11.6. The molecule has 4 rings (SSSR count). The lowest BCUT2D eigenvalue weighted by Crippen LogP contribution is -2.38. The van der Waals surface area contributed by atoms with Crippen molar-refractivity contribution in [3.05, 3.63) is 59.2 Å². The molecule has 1 aliphatic carbocycles. The molecule has 2 aliphatic heterocycles. The fourth-order valence-corrected chi connectivity index (χ4v) is 4.97. The zero-order valence-corrected chi connectivity index (χ0v) is 19.8. The molecular formula is C27H35N3O3. The molecule has 0 bridgehead atoms. The lowest BCUT2D eigenvalue weighted by atomic mass is 9.85. The van der Waals surface area contributed by atoms with Crippen molar-refractivity contribution in [3.8, 4) is 0 Å². The molecule has 1 atom stereocenters. The van der Waals surface area contributed by atoms with Crippen molar-refractivity contribution in [2.24, 2.45) is 11.8 Å². The number of allylic oxidation sites excluding steroid dienone is 2. The molecule has 1 saturated heterocycles. The van der Waals surface area contributed by atoms with Gasteiger partial charge in [0.1, 0.15) is 0 Å². The topological polar surface area (TPSA) is 69.7 Å². The fourth-order valence-electron chi connectivity index (χ4n) is 4.97. The number of carbonyl (C=O) groups is 3. The van der Waals surface area contributed by atoms with Crippen LogP contribution in [0, 0.1) is 11.8 Å². The lowest BCUT2D eigenvalue weighted by Gasteiger charge is -2.34. The van der Waals surface area contributed by atoms with E-state index in [1.807, 2.05) is 13.8 Å². The van der Waals surface area contributed by atoms with Gasteiger partial charge in [-0.3, -0.25) is 19.3 Å². The fraction of sp³-hybridized carbons (Fsp3) is 0.519.